The lowest BCUT2D eigenvalue weighted by molar-refractivity contribution is -0.123. The van der Waals surface area contributed by atoms with Crippen LogP contribution < -0.4 is 10.9 Å². The van der Waals surface area contributed by atoms with Gasteiger partial charge in [0.1, 0.15) is 21.5 Å². The lowest BCUT2D eigenvalue weighted by Gasteiger charge is -2.23. The third kappa shape index (κ3) is 4.52. The SMILES string of the molecule is Cc1ccc2nc(NCc3ccco3)c(/C=C3\SC(=S)N([C@H](C)c4ccccc4)C3=O)c(=O)n2c1. The molecule has 3 aromatic heterocycles. The molecule has 176 valence electrons. The largest absolute Gasteiger partial charge is 0.467 e. The van der Waals surface area contributed by atoms with Crippen LogP contribution in [0.3, 0.4) is 0 Å². The van der Waals surface area contributed by atoms with Crippen molar-refractivity contribution in [3.63, 3.8) is 0 Å². The third-order valence-corrected chi connectivity index (χ3v) is 7.11. The Morgan fingerprint density at radius 1 is 1.14 bits per heavy atom. The third-order valence-electron chi connectivity index (χ3n) is 5.78. The quantitative estimate of drug-likeness (QED) is 0.288. The first-order valence-corrected chi connectivity index (χ1v) is 12.3. The van der Waals surface area contributed by atoms with Crippen molar-refractivity contribution >= 4 is 51.7 Å². The number of aryl methyl sites for hydroxylation is 1. The number of amides is 1. The molecule has 0 bridgehead atoms. The van der Waals surface area contributed by atoms with Crippen molar-refractivity contribution in [2.45, 2.75) is 26.4 Å². The Kier molecular flexibility index (Phi) is 6.27. The topological polar surface area (TPSA) is 79.8 Å². The van der Waals surface area contributed by atoms with E-state index in [1.807, 2.05) is 56.3 Å². The van der Waals surface area contributed by atoms with E-state index in [1.54, 1.807) is 35.6 Å². The Morgan fingerprint density at radius 2 is 1.94 bits per heavy atom. The van der Waals surface area contributed by atoms with Gasteiger partial charge < -0.3 is 9.73 Å². The molecule has 1 N–H and O–H groups in total. The first-order chi connectivity index (χ1) is 16.9. The predicted molar refractivity (Wildman–Crippen MR) is 142 cm³/mol. The standard InChI is InChI=1S/C26H22N4O3S2/c1-16-10-11-22-28-23(27-14-19-9-6-12-33-19)20(24(31)29(22)15-16)13-21-25(32)30(26(34)35-21)17(2)18-7-4-3-5-8-18/h3-13,15,17,27H,14H2,1-2H3/b21-13-/t17-/m1/s1. The Hall–Kier alpha value is -3.69. The fourth-order valence-electron chi connectivity index (χ4n) is 3.93. The van der Waals surface area contributed by atoms with Crippen LogP contribution in [-0.2, 0) is 11.3 Å². The van der Waals surface area contributed by atoms with Crippen molar-refractivity contribution in [3.05, 3.63) is 105 Å². The second kappa shape index (κ2) is 9.52. The molecule has 4 aromatic rings. The first-order valence-electron chi connectivity index (χ1n) is 11.0. The molecular formula is C26H22N4O3S2. The van der Waals surface area contributed by atoms with Gasteiger partial charge in [-0.05, 0) is 49.2 Å². The molecule has 35 heavy (non-hydrogen) atoms. The molecule has 1 atom stereocenters. The average Bonchev–Trinajstić information content (AvgIpc) is 3.48. The van der Waals surface area contributed by atoms with E-state index in [9.17, 15) is 9.59 Å². The van der Waals surface area contributed by atoms with Crippen LogP contribution in [-0.4, -0.2) is 24.5 Å². The Morgan fingerprint density at radius 3 is 2.69 bits per heavy atom. The van der Waals surface area contributed by atoms with E-state index in [0.717, 1.165) is 11.1 Å². The van der Waals surface area contributed by atoms with Crippen molar-refractivity contribution < 1.29 is 9.21 Å². The van der Waals surface area contributed by atoms with E-state index in [4.69, 9.17) is 16.6 Å². The summed E-state index contributed by atoms with van der Waals surface area (Å²) in [6.07, 6.45) is 4.91. The van der Waals surface area contributed by atoms with Crippen LogP contribution in [0.25, 0.3) is 11.7 Å². The van der Waals surface area contributed by atoms with Crippen molar-refractivity contribution in [1.82, 2.24) is 14.3 Å². The van der Waals surface area contributed by atoms with Gasteiger partial charge in [0, 0.05) is 6.20 Å². The number of fused-ring (bicyclic) bond motifs is 1. The molecule has 1 saturated heterocycles. The van der Waals surface area contributed by atoms with E-state index in [-0.39, 0.29) is 23.1 Å². The summed E-state index contributed by atoms with van der Waals surface area (Å²) in [4.78, 5) is 33.6. The highest BCUT2D eigenvalue weighted by Gasteiger charge is 2.36. The summed E-state index contributed by atoms with van der Waals surface area (Å²) >= 11 is 6.74. The zero-order valence-corrected chi connectivity index (χ0v) is 20.7. The second-order valence-electron chi connectivity index (χ2n) is 8.19. The molecule has 0 spiro atoms. The van der Waals surface area contributed by atoms with Crippen LogP contribution in [0.15, 0.2) is 81.2 Å². The van der Waals surface area contributed by atoms with Gasteiger partial charge in [-0.1, -0.05) is 60.4 Å². The number of carbonyl (C=O) groups is 1. The highest BCUT2D eigenvalue weighted by molar-refractivity contribution is 8.26. The summed E-state index contributed by atoms with van der Waals surface area (Å²) in [5.74, 6) is 0.837. The predicted octanol–water partition coefficient (Wildman–Crippen LogP) is 5.17. The molecule has 1 amide bonds. The normalized spacial score (nSPS) is 15.8. The van der Waals surface area contributed by atoms with E-state index >= 15 is 0 Å². The molecule has 7 nitrogen and oxygen atoms in total. The monoisotopic (exact) mass is 502 g/mol. The molecule has 4 heterocycles. The number of nitrogens with zero attached hydrogens (tertiary/aromatic N) is 3. The smallest absolute Gasteiger partial charge is 0.267 e. The van der Waals surface area contributed by atoms with Gasteiger partial charge in [-0.15, -0.1) is 0 Å². The van der Waals surface area contributed by atoms with Crippen LogP contribution in [0.5, 0.6) is 0 Å². The van der Waals surface area contributed by atoms with Gasteiger partial charge in [0.05, 0.1) is 29.3 Å². The summed E-state index contributed by atoms with van der Waals surface area (Å²) in [5, 5.41) is 3.19. The molecule has 1 fully saturated rings. The first kappa shape index (κ1) is 23.1. The van der Waals surface area contributed by atoms with Crippen LogP contribution in [0.4, 0.5) is 5.82 Å². The molecule has 0 unspecified atom stereocenters. The molecule has 5 rings (SSSR count). The number of thioether (sulfide) groups is 1. The Balaban J connectivity index is 1.56. The number of carbonyl (C=O) groups excluding carboxylic acids is 1. The fourth-order valence-corrected chi connectivity index (χ4v) is 5.33. The van der Waals surface area contributed by atoms with E-state index in [0.29, 0.717) is 33.0 Å². The molecular weight excluding hydrogens is 480 g/mol. The maximum atomic E-state index is 13.5. The maximum absolute atomic E-state index is 13.5. The molecule has 0 aliphatic carbocycles. The van der Waals surface area contributed by atoms with Gasteiger partial charge in [0.2, 0.25) is 0 Å². The number of furan rings is 1. The molecule has 9 heteroatoms. The number of rotatable bonds is 6. The fraction of sp³-hybridized carbons (Fsp3) is 0.154. The van der Waals surface area contributed by atoms with Crippen molar-refractivity contribution in [2.75, 3.05) is 5.32 Å². The molecule has 0 radical (unpaired) electrons. The summed E-state index contributed by atoms with van der Waals surface area (Å²) < 4.78 is 7.35. The van der Waals surface area contributed by atoms with Crippen molar-refractivity contribution in [2.24, 2.45) is 0 Å². The van der Waals surface area contributed by atoms with Crippen LogP contribution >= 0.6 is 24.0 Å². The molecule has 1 aromatic carbocycles. The zero-order chi connectivity index (χ0) is 24.5. The number of anilines is 1. The zero-order valence-electron chi connectivity index (χ0n) is 19.1. The summed E-state index contributed by atoms with van der Waals surface area (Å²) in [6.45, 7) is 4.19. The van der Waals surface area contributed by atoms with Gasteiger partial charge in [-0.2, -0.15) is 0 Å². The minimum atomic E-state index is -0.276. The lowest BCUT2D eigenvalue weighted by Crippen LogP contribution is -2.31. The number of nitrogens with one attached hydrogen (secondary N) is 1. The summed E-state index contributed by atoms with van der Waals surface area (Å²) in [5.41, 5.74) is 2.42. The molecule has 0 saturated carbocycles. The van der Waals surface area contributed by atoms with Gasteiger partial charge >= 0.3 is 0 Å². The number of aromatic nitrogens is 2. The Labute approximate surface area is 211 Å². The number of thiocarbonyl (C=S) groups is 1. The lowest BCUT2D eigenvalue weighted by atomic mass is 10.1. The minimum Gasteiger partial charge on any atom is -0.467 e. The Bertz CT molecular complexity index is 1510. The van der Waals surface area contributed by atoms with Crippen LogP contribution in [0.2, 0.25) is 0 Å². The van der Waals surface area contributed by atoms with Gasteiger partial charge in [-0.25, -0.2) is 4.98 Å². The number of hydrogen-bond acceptors (Lipinski definition) is 7. The van der Waals surface area contributed by atoms with E-state index < -0.39 is 0 Å². The van der Waals surface area contributed by atoms with Crippen molar-refractivity contribution in [3.8, 4) is 0 Å². The second-order valence-corrected chi connectivity index (χ2v) is 9.86. The average molecular weight is 503 g/mol. The highest BCUT2D eigenvalue weighted by atomic mass is 32.2. The maximum Gasteiger partial charge on any atom is 0.267 e. The van der Waals surface area contributed by atoms with Gasteiger partial charge in [-0.3, -0.25) is 18.9 Å². The number of pyridine rings is 1. The molecule has 1 aliphatic rings. The molecule has 1 aliphatic heterocycles. The van der Waals surface area contributed by atoms with Crippen LogP contribution in [0.1, 0.15) is 35.4 Å². The summed E-state index contributed by atoms with van der Waals surface area (Å²) in [6, 6.07) is 16.8. The van der Waals surface area contributed by atoms with Crippen LogP contribution in [0, 0.1) is 6.92 Å². The minimum absolute atomic E-state index is 0.232. The van der Waals surface area contributed by atoms with E-state index in [1.165, 1.54) is 16.2 Å². The highest BCUT2D eigenvalue weighted by Crippen LogP contribution is 2.38. The number of benzene rings is 1. The van der Waals surface area contributed by atoms with Crippen molar-refractivity contribution in [1.29, 1.82) is 0 Å². The summed E-state index contributed by atoms with van der Waals surface area (Å²) in [7, 11) is 0. The van der Waals surface area contributed by atoms with Gasteiger partial charge in [0.25, 0.3) is 11.5 Å². The van der Waals surface area contributed by atoms with Gasteiger partial charge in [0.15, 0.2) is 0 Å². The number of hydrogen-bond donors (Lipinski definition) is 1. The van der Waals surface area contributed by atoms with E-state index in [2.05, 4.69) is 10.3 Å².